The minimum absolute atomic E-state index is 0.856. The maximum absolute atomic E-state index is 4.79. The van der Waals surface area contributed by atoms with E-state index in [1.54, 1.807) is 0 Å². The molecule has 7 rings (SSSR count). The van der Waals surface area contributed by atoms with E-state index < -0.39 is 0 Å². The molecule has 3 aromatic rings. The Morgan fingerprint density at radius 3 is 1.31 bits per heavy atom. The van der Waals surface area contributed by atoms with Gasteiger partial charge in [-0.1, -0.05) is 0 Å². The van der Waals surface area contributed by atoms with Crippen molar-refractivity contribution < 1.29 is 0 Å². The highest BCUT2D eigenvalue weighted by Gasteiger charge is 2.11. The Labute approximate surface area is 182 Å². The first-order valence-electron chi connectivity index (χ1n) is 10.4. The van der Waals surface area contributed by atoms with E-state index >= 15 is 0 Å². The van der Waals surface area contributed by atoms with Gasteiger partial charge in [-0.05, 0) is 85.0 Å². The predicted octanol–water partition coefficient (Wildman–Crippen LogP) is 5.54. The van der Waals surface area contributed by atoms with Crippen molar-refractivity contribution in [2.45, 2.75) is 0 Å². The molecule has 0 saturated carbocycles. The van der Waals surface area contributed by atoms with Gasteiger partial charge in [0.1, 0.15) is 0 Å². The predicted molar refractivity (Wildman–Crippen MR) is 130 cm³/mol. The molecule has 12 bridgehead atoms. The van der Waals surface area contributed by atoms with E-state index in [9.17, 15) is 0 Å². The summed E-state index contributed by atoms with van der Waals surface area (Å²) in [4.78, 5) is 25.9. The molecule has 0 amide bonds. The van der Waals surface area contributed by atoms with Crippen LogP contribution in [0.25, 0.3) is 70.7 Å². The van der Waals surface area contributed by atoms with Crippen LogP contribution < -0.4 is 0 Å². The van der Waals surface area contributed by atoms with Gasteiger partial charge in [-0.15, -0.1) is 0 Å². The summed E-state index contributed by atoms with van der Waals surface area (Å²) in [6, 6.07) is 12.2. The molecule has 32 heavy (non-hydrogen) atoms. The van der Waals surface area contributed by atoms with Gasteiger partial charge in [0.2, 0.25) is 0 Å². The van der Waals surface area contributed by atoms with E-state index in [1.807, 2.05) is 85.0 Å². The molecule has 0 spiro atoms. The fourth-order valence-electron chi connectivity index (χ4n) is 4.12. The second-order valence-electron chi connectivity index (χ2n) is 7.89. The Balaban J connectivity index is 1.54. The van der Waals surface area contributed by atoms with Crippen LogP contribution in [0.5, 0.6) is 0 Å². The van der Waals surface area contributed by atoms with Gasteiger partial charge in [0.05, 0.1) is 56.6 Å². The van der Waals surface area contributed by atoms with Crippen LogP contribution in [-0.4, -0.2) is 29.9 Å². The average Bonchev–Trinajstić information content (AvgIpc) is 3.62. The molecule has 0 aliphatic carbocycles. The van der Waals surface area contributed by atoms with Crippen LogP contribution in [0, 0.1) is 0 Å². The number of fused-ring (bicyclic) bond motifs is 16. The Hall–Kier alpha value is -4.58. The molecule has 0 radical (unpaired) electrons. The van der Waals surface area contributed by atoms with E-state index in [0.29, 0.717) is 0 Å². The third-order valence-corrected chi connectivity index (χ3v) is 5.70. The van der Waals surface area contributed by atoms with Gasteiger partial charge in [0.15, 0.2) is 0 Å². The van der Waals surface area contributed by atoms with E-state index in [4.69, 9.17) is 19.9 Å². The van der Waals surface area contributed by atoms with Gasteiger partial charge in [-0.2, -0.15) is 0 Å². The molecule has 4 aliphatic rings. The van der Waals surface area contributed by atoms with Crippen LogP contribution in [0.2, 0.25) is 0 Å². The van der Waals surface area contributed by atoms with Gasteiger partial charge < -0.3 is 9.97 Å². The molecule has 3 aromatic heterocycles. The summed E-state index contributed by atoms with van der Waals surface area (Å²) in [6.07, 6.45) is 16.1. The van der Waals surface area contributed by atoms with Gasteiger partial charge in [-0.3, -0.25) is 0 Å². The van der Waals surface area contributed by atoms with Crippen molar-refractivity contribution in [2.24, 2.45) is 0 Å². The lowest BCUT2D eigenvalue weighted by Crippen LogP contribution is -1.83. The Kier molecular flexibility index (Phi) is 3.46. The van der Waals surface area contributed by atoms with Crippen molar-refractivity contribution in [3.05, 3.63) is 81.9 Å². The Bertz CT molecular complexity index is 1550. The van der Waals surface area contributed by atoms with Gasteiger partial charge in [0, 0.05) is 11.0 Å². The van der Waals surface area contributed by atoms with Crippen LogP contribution in [-0.2, 0) is 0 Å². The first kappa shape index (κ1) is 17.1. The number of nitrogens with one attached hydrogen (secondary N) is 2. The quantitative estimate of drug-likeness (QED) is 0.343. The zero-order valence-electron chi connectivity index (χ0n) is 16.9. The molecular weight excluding hydrogens is 396 g/mol. The number of hydrogen-bond donors (Lipinski definition) is 2. The van der Waals surface area contributed by atoms with E-state index in [-0.39, 0.29) is 0 Å². The topological polar surface area (TPSA) is 83.1 Å². The van der Waals surface area contributed by atoms with Crippen LogP contribution in [0.15, 0.2) is 36.4 Å². The van der Waals surface area contributed by atoms with Gasteiger partial charge in [-0.25, -0.2) is 19.9 Å². The molecule has 2 N–H and O–H groups in total. The highest BCUT2D eigenvalue weighted by molar-refractivity contribution is 5.87. The number of aromatic amines is 2. The fourth-order valence-corrected chi connectivity index (χ4v) is 4.12. The van der Waals surface area contributed by atoms with E-state index in [2.05, 4.69) is 9.97 Å². The fraction of sp³-hybridized carbons (Fsp3) is 0. The van der Waals surface area contributed by atoms with Crippen molar-refractivity contribution in [3.8, 4) is 0 Å². The number of aromatic nitrogens is 6. The zero-order chi connectivity index (χ0) is 21.1. The number of H-pyrrole nitrogens is 2. The summed E-state index contributed by atoms with van der Waals surface area (Å²) in [5.74, 6) is 0. The van der Waals surface area contributed by atoms with Gasteiger partial charge in [0.25, 0.3) is 0 Å². The first-order valence-corrected chi connectivity index (χ1v) is 10.4. The SMILES string of the molecule is C1=Cc2nc1cc1ccc([nH]1)c1nc(c3nc(c4ccc(cc5nc2C=C5)[nH]4)C=C3)C=C1. The highest BCUT2D eigenvalue weighted by atomic mass is 14.8. The third kappa shape index (κ3) is 2.81. The smallest absolute Gasteiger partial charge is 0.0895 e. The molecule has 0 unspecified atom stereocenters. The first-order chi connectivity index (χ1) is 15.8. The summed E-state index contributed by atoms with van der Waals surface area (Å²) in [5.41, 5.74) is 10.9. The number of rotatable bonds is 0. The normalized spacial score (nSPS) is 13.8. The molecule has 7 heterocycles. The highest BCUT2D eigenvalue weighted by Crippen LogP contribution is 2.24. The van der Waals surface area contributed by atoms with Gasteiger partial charge >= 0.3 is 0 Å². The van der Waals surface area contributed by atoms with Crippen LogP contribution in [0.4, 0.5) is 0 Å². The van der Waals surface area contributed by atoms with Crippen molar-refractivity contribution in [3.63, 3.8) is 0 Å². The number of hydrogen-bond acceptors (Lipinski definition) is 4. The average molecular weight is 412 g/mol. The molecule has 0 aromatic carbocycles. The molecule has 0 atom stereocenters. The monoisotopic (exact) mass is 412 g/mol. The minimum atomic E-state index is 0.856. The molecular formula is C26H16N6. The van der Waals surface area contributed by atoms with Crippen LogP contribution >= 0.6 is 0 Å². The van der Waals surface area contributed by atoms with Crippen LogP contribution in [0.1, 0.15) is 45.6 Å². The summed E-state index contributed by atoms with van der Waals surface area (Å²) in [7, 11) is 0. The zero-order valence-corrected chi connectivity index (χ0v) is 16.9. The van der Waals surface area contributed by atoms with Crippen molar-refractivity contribution in [1.82, 2.24) is 29.9 Å². The van der Waals surface area contributed by atoms with Crippen molar-refractivity contribution in [2.75, 3.05) is 0 Å². The lowest BCUT2D eigenvalue weighted by atomic mass is 10.3. The summed E-state index contributed by atoms with van der Waals surface area (Å²) in [5, 5.41) is 0. The number of nitrogens with zero attached hydrogens (tertiary/aromatic N) is 4. The molecule has 150 valence electrons. The van der Waals surface area contributed by atoms with Crippen molar-refractivity contribution in [1.29, 1.82) is 0 Å². The molecule has 0 fully saturated rings. The summed E-state index contributed by atoms with van der Waals surface area (Å²) >= 11 is 0. The molecule has 4 aliphatic heterocycles. The standard InChI is InChI=1S/C26H16N6/c1-5-19-20-6-2-16(28-20)14-18-4-8-22(30-18)24-10-12-26(32-24)25-11-9-23(31-25)21-7-3-17(29-21)13-15(1)27-19/h1-14,29-30H. The Morgan fingerprint density at radius 2 is 0.812 bits per heavy atom. The van der Waals surface area contributed by atoms with Crippen molar-refractivity contribution >= 4 is 70.7 Å². The second-order valence-corrected chi connectivity index (χ2v) is 7.89. The van der Waals surface area contributed by atoms with E-state index in [0.717, 1.165) is 67.6 Å². The molecule has 6 nitrogen and oxygen atoms in total. The molecule has 0 saturated heterocycles. The lowest BCUT2D eigenvalue weighted by Gasteiger charge is -1.89. The summed E-state index contributed by atoms with van der Waals surface area (Å²) in [6.45, 7) is 0. The van der Waals surface area contributed by atoms with E-state index in [1.165, 1.54) is 0 Å². The lowest BCUT2D eigenvalue weighted by molar-refractivity contribution is 1.23. The minimum Gasteiger partial charge on any atom is -0.354 e. The third-order valence-electron chi connectivity index (χ3n) is 5.70. The summed E-state index contributed by atoms with van der Waals surface area (Å²) < 4.78 is 0. The second kappa shape index (κ2) is 6.46. The largest absolute Gasteiger partial charge is 0.354 e. The molecule has 6 heteroatoms. The maximum atomic E-state index is 4.79. The maximum Gasteiger partial charge on any atom is 0.0895 e. The van der Waals surface area contributed by atoms with Crippen LogP contribution in [0.3, 0.4) is 0 Å². The Morgan fingerprint density at radius 1 is 0.406 bits per heavy atom.